The van der Waals surface area contributed by atoms with Crippen molar-refractivity contribution < 1.29 is 5.11 Å². The van der Waals surface area contributed by atoms with Gasteiger partial charge in [-0.15, -0.1) is 0 Å². The lowest BCUT2D eigenvalue weighted by atomic mass is 10.0. The second-order valence-corrected chi connectivity index (χ2v) is 5.25. The summed E-state index contributed by atoms with van der Waals surface area (Å²) in [6.45, 7) is 0.731. The molecule has 0 aliphatic carbocycles. The lowest BCUT2D eigenvalue weighted by molar-refractivity contribution is 0.459. The fourth-order valence-electron chi connectivity index (χ4n) is 2.60. The molecule has 98 valence electrons. The molecule has 1 N–H and O–H groups in total. The van der Waals surface area contributed by atoms with Crippen molar-refractivity contribution in [3.05, 3.63) is 51.4 Å². The van der Waals surface area contributed by atoms with E-state index in [1.165, 1.54) is 0 Å². The molecule has 19 heavy (non-hydrogen) atoms. The molecule has 1 aliphatic heterocycles. The molecular formula is C15H14ClNO2. The highest BCUT2D eigenvalue weighted by Gasteiger charge is 2.18. The molecule has 0 unspecified atom stereocenters. The van der Waals surface area contributed by atoms with Gasteiger partial charge in [-0.05, 0) is 37.0 Å². The largest absolute Gasteiger partial charge is 0.507 e. The minimum absolute atomic E-state index is 0.0560. The molecule has 0 bridgehead atoms. The number of aryl methyl sites for hydroxylation is 1. The average molecular weight is 276 g/mol. The molecule has 4 heteroatoms. The minimum Gasteiger partial charge on any atom is -0.507 e. The number of nitrogens with zero attached hydrogens (tertiary/aromatic N) is 1. The number of aromatic hydroxyl groups is 1. The van der Waals surface area contributed by atoms with Crippen molar-refractivity contribution in [2.45, 2.75) is 25.8 Å². The van der Waals surface area contributed by atoms with Crippen LogP contribution in [-0.2, 0) is 13.0 Å². The van der Waals surface area contributed by atoms with Gasteiger partial charge in [-0.2, -0.15) is 0 Å². The lowest BCUT2D eigenvalue weighted by Crippen LogP contribution is -2.27. The molecule has 3 rings (SSSR count). The highest BCUT2D eigenvalue weighted by atomic mass is 35.5. The molecule has 0 atom stereocenters. The molecule has 3 nitrogen and oxygen atoms in total. The van der Waals surface area contributed by atoms with Crippen molar-refractivity contribution >= 4 is 11.6 Å². The Kier molecular flexibility index (Phi) is 3.07. The number of rotatable bonds is 1. The van der Waals surface area contributed by atoms with Gasteiger partial charge < -0.3 is 9.67 Å². The first-order valence-electron chi connectivity index (χ1n) is 6.38. The Bertz CT molecular complexity index is 674. The van der Waals surface area contributed by atoms with E-state index in [9.17, 15) is 9.90 Å². The zero-order chi connectivity index (χ0) is 13.4. The van der Waals surface area contributed by atoms with Crippen LogP contribution in [0.4, 0.5) is 0 Å². The van der Waals surface area contributed by atoms with Crippen molar-refractivity contribution in [1.82, 2.24) is 4.57 Å². The van der Waals surface area contributed by atoms with Crippen LogP contribution in [-0.4, -0.2) is 9.67 Å². The third-order valence-electron chi connectivity index (χ3n) is 3.56. The Hall–Kier alpha value is -1.74. The Balaban J connectivity index is 2.21. The molecule has 0 saturated heterocycles. The number of halogens is 1. The topological polar surface area (TPSA) is 42.2 Å². The van der Waals surface area contributed by atoms with Crippen molar-refractivity contribution in [1.29, 1.82) is 0 Å². The van der Waals surface area contributed by atoms with Crippen LogP contribution in [0.25, 0.3) is 11.1 Å². The SMILES string of the molecule is O=c1c(-c2ccc(Cl)cc2)c(O)cc2n1CCCC2. The highest BCUT2D eigenvalue weighted by Crippen LogP contribution is 2.29. The first-order valence-corrected chi connectivity index (χ1v) is 6.76. The summed E-state index contributed by atoms with van der Waals surface area (Å²) in [5.74, 6) is 0.0560. The van der Waals surface area contributed by atoms with E-state index in [1.54, 1.807) is 34.9 Å². The van der Waals surface area contributed by atoms with E-state index in [2.05, 4.69) is 0 Å². The van der Waals surface area contributed by atoms with E-state index in [0.29, 0.717) is 16.1 Å². The van der Waals surface area contributed by atoms with Gasteiger partial charge in [0.05, 0.1) is 5.56 Å². The van der Waals surface area contributed by atoms with Crippen LogP contribution in [0.3, 0.4) is 0 Å². The molecular weight excluding hydrogens is 262 g/mol. The van der Waals surface area contributed by atoms with Gasteiger partial charge in [0.2, 0.25) is 0 Å². The van der Waals surface area contributed by atoms with E-state index in [-0.39, 0.29) is 11.3 Å². The fourth-order valence-corrected chi connectivity index (χ4v) is 2.73. The molecule has 0 saturated carbocycles. The van der Waals surface area contributed by atoms with E-state index in [1.807, 2.05) is 0 Å². The Morgan fingerprint density at radius 3 is 2.63 bits per heavy atom. The van der Waals surface area contributed by atoms with Crippen LogP contribution in [0.2, 0.25) is 5.02 Å². The number of benzene rings is 1. The maximum Gasteiger partial charge on any atom is 0.262 e. The molecule has 0 amide bonds. The number of hydrogen-bond donors (Lipinski definition) is 1. The average Bonchev–Trinajstić information content (AvgIpc) is 2.41. The summed E-state index contributed by atoms with van der Waals surface area (Å²) in [7, 11) is 0. The second-order valence-electron chi connectivity index (χ2n) is 4.82. The molecule has 1 aromatic carbocycles. The van der Waals surface area contributed by atoms with Crippen molar-refractivity contribution in [3.63, 3.8) is 0 Å². The smallest absolute Gasteiger partial charge is 0.262 e. The first kappa shape index (κ1) is 12.3. The maximum atomic E-state index is 12.5. The molecule has 2 heterocycles. The predicted octanol–water partition coefficient (Wildman–Crippen LogP) is 3.21. The predicted molar refractivity (Wildman–Crippen MR) is 75.8 cm³/mol. The summed E-state index contributed by atoms with van der Waals surface area (Å²) in [5.41, 5.74) is 1.87. The maximum absolute atomic E-state index is 12.5. The van der Waals surface area contributed by atoms with Crippen LogP contribution in [0.1, 0.15) is 18.5 Å². The first-order chi connectivity index (χ1) is 9.16. The van der Waals surface area contributed by atoms with Gasteiger partial charge in [-0.3, -0.25) is 4.79 Å². The summed E-state index contributed by atoms with van der Waals surface area (Å²) >= 11 is 5.85. The monoisotopic (exact) mass is 275 g/mol. The molecule has 1 aromatic heterocycles. The molecule has 0 radical (unpaired) electrons. The summed E-state index contributed by atoms with van der Waals surface area (Å²) in [6, 6.07) is 8.67. The quantitative estimate of drug-likeness (QED) is 0.868. The zero-order valence-corrected chi connectivity index (χ0v) is 11.2. The molecule has 0 spiro atoms. The number of aromatic nitrogens is 1. The van der Waals surface area contributed by atoms with Crippen LogP contribution < -0.4 is 5.56 Å². The van der Waals surface area contributed by atoms with E-state index in [4.69, 9.17) is 11.6 Å². The third-order valence-corrected chi connectivity index (χ3v) is 3.81. The standard InChI is InChI=1S/C15H14ClNO2/c16-11-6-4-10(5-7-11)14-13(18)9-12-3-1-2-8-17(12)15(14)19/h4-7,9,18H,1-3,8H2. The van der Waals surface area contributed by atoms with E-state index >= 15 is 0 Å². The minimum atomic E-state index is -0.114. The fraction of sp³-hybridized carbons (Fsp3) is 0.267. The van der Waals surface area contributed by atoms with Crippen LogP contribution in [0.15, 0.2) is 35.1 Å². The molecule has 0 fully saturated rings. The van der Waals surface area contributed by atoms with Crippen molar-refractivity contribution in [2.75, 3.05) is 0 Å². The summed E-state index contributed by atoms with van der Waals surface area (Å²) in [4.78, 5) is 12.5. The van der Waals surface area contributed by atoms with Crippen LogP contribution >= 0.6 is 11.6 Å². The number of hydrogen-bond acceptors (Lipinski definition) is 2. The summed E-state index contributed by atoms with van der Waals surface area (Å²) in [5, 5.41) is 10.7. The number of fused-ring (bicyclic) bond motifs is 1. The van der Waals surface area contributed by atoms with Crippen LogP contribution in [0, 0.1) is 0 Å². The zero-order valence-electron chi connectivity index (χ0n) is 10.4. The van der Waals surface area contributed by atoms with E-state index in [0.717, 1.165) is 31.5 Å². The third kappa shape index (κ3) is 2.15. The van der Waals surface area contributed by atoms with Gasteiger partial charge >= 0.3 is 0 Å². The van der Waals surface area contributed by atoms with Gasteiger partial charge in [0.15, 0.2) is 0 Å². The van der Waals surface area contributed by atoms with Crippen LogP contribution in [0.5, 0.6) is 5.75 Å². The molecule has 2 aromatic rings. The van der Waals surface area contributed by atoms with Gasteiger partial charge in [0, 0.05) is 23.3 Å². The van der Waals surface area contributed by atoms with E-state index < -0.39 is 0 Å². The van der Waals surface area contributed by atoms with Gasteiger partial charge in [-0.1, -0.05) is 23.7 Å². The second kappa shape index (κ2) is 4.74. The normalized spacial score (nSPS) is 14.2. The lowest BCUT2D eigenvalue weighted by Gasteiger charge is -2.20. The Labute approximate surface area is 116 Å². The van der Waals surface area contributed by atoms with Gasteiger partial charge in [0.1, 0.15) is 5.75 Å². The number of pyridine rings is 1. The Morgan fingerprint density at radius 1 is 1.16 bits per heavy atom. The van der Waals surface area contributed by atoms with Gasteiger partial charge in [-0.25, -0.2) is 0 Å². The summed E-state index contributed by atoms with van der Waals surface area (Å²) in [6.07, 6.45) is 2.93. The molecule has 1 aliphatic rings. The summed E-state index contributed by atoms with van der Waals surface area (Å²) < 4.78 is 1.77. The van der Waals surface area contributed by atoms with Gasteiger partial charge in [0.25, 0.3) is 5.56 Å². The van der Waals surface area contributed by atoms with Crippen molar-refractivity contribution in [3.8, 4) is 16.9 Å². The Morgan fingerprint density at radius 2 is 1.89 bits per heavy atom. The highest BCUT2D eigenvalue weighted by molar-refractivity contribution is 6.30. The van der Waals surface area contributed by atoms with Crippen molar-refractivity contribution in [2.24, 2.45) is 0 Å².